The van der Waals surface area contributed by atoms with Crippen LogP contribution in [-0.4, -0.2) is 20.6 Å². The molecule has 0 bridgehead atoms. The maximum atomic E-state index is 10.5. The average molecular weight is 154 g/mol. The number of aromatic nitrogens is 2. The van der Waals surface area contributed by atoms with E-state index in [0.29, 0.717) is 6.54 Å². The van der Waals surface area contributed by atoms with Crippen LogP contribution in [0.1, 0.15) is 23.2 Å². The van der Waals surface area contributed by atoms with Crippen LogP contribution in [0.15, 0.2) is 6.20 Å². The average Bonchev–Trinajstić information content (AvgIpc) is 2.30. The van der Waals surface area contributed by atoms with Crippen LogP contribution in [0.5, 0.6) is 0 Å². The van der Waals surface area contributed by atoms with Gasteiger partial charge in [-0.2, -0.15) is 0 Å². The molecule has 0 saturated heterocycles. The molecule has 0 unspecified atom stereocenters. The zero-order valence-corrected chi connectivity index (χ0v) is 6.53. The summed E-state index contributed by atoms with van der Waals surface area (Å²) in [6.07, 6.45) is 1.38. The normalized spacial score (nSPS) is 10.0. The minimum absolute atomic E-state index is 0.255. The highest BCUT2D eigenvalue weighted by molar-refractivity contribution is 5.85. The summed E-state index contributed by atoms with van der Waals surface area (Å²) in [6.45, 7) is 4.32. The van der Waals surface area contributed by atoms with Crippen LogP contribution >= 0.6 is 0 Å². The van der Waals surface area contributed by atoms with E-state index in [-0.39, 0.29) is 5.69 Å². The second kappa shape index (κ2) is 2.74. The number of aryl methyl sites for hydroxylation is 1. The fourth-order valence-corrected chi connectivity index (χ4v) is 1.04. The summed E-state index contributed by atoms with van der Waals surface area (Å²) in [6, 6.07) is 0. The molecule has 1 rings (SSSR count). The van der Waals surface area contributed by atoms with Crippen LogP contribution in [0.25, 0.3) is 0 Å². The molecule has 0 aliphatic heterocycles. The Bertz CT molecular complexity index is 278. The highest BCUT2D eigenvalue weighted by atomic mass is 16.4. The van der Waals surface area contributed by atoms with Crippen LogP contribution in [0, 0.1) is 6.92 Å². The quantitative estimate of drug-likeness (QED) is 0.688. The number of carboxylic acid groups (broad SMARTS) is 1. The minimum atomic E-state index is -0.924. The van der Waals surface area contributed by atoms with Crippen molar-refractivity contribution in [3.8, 4) is 0 Å². The Kier molecular flexibility index (Phi) is 1.94. The number of carbonyl (C=O) groups is 1. The first-order valence-corrected chi connectivity index (χ1v) is 3.42. The molecule has 60 valence electrons. The molecule has 0 fully saturated rings. The number of hydrogen-bond acceptors (Lipinski definition) is 2. The summed E-state index contributed by atoms with van der Waals surface area (Å²) in [5.41, 5.74) is 0.255. The molecule has 0 aliphatic rings. The highest BCUT2D eigenvalue weighted by Gasteiger charge is 2.10. The van der Waals surface area contributed by atoms with Crippen molar-refractivity contribution in [3.63, 3.8) is 0 Å². The molecule has 4 heteroatoms. The predicted molar refractivity (Wildman–Crippen MR) is 39.6 cm³/mol. The van der Waals surface area contributed by atoms with E-state index in [4.69, 9.17) is 5.11 Å². The van der Waals surface area contributed by atoms with Crippen LogP contribution < -0.4 is 0 Å². The van der Waals surface area contributed by atoms with Gasteiger partial charge in [0.15, 0.2) is 0 Å². The highest BCUT2D eigenvalue weighted by Crippen LogP contribution is 2.03. The summed E-state index contributed by atoms with van der Waals surface area (Å²) in [5, 5.41) is 8.65. The number of aromatic carboxylic acids is 1. The maximum absolute atomic E-state index is 10.5. The monoisotopic (exact) mass is 154 g/mol. The Morgan fingerprint density at radius 1 is 1.82 bits per heavy atom. The summed E-state index contributed by atoms with van der Waals surface area (Å²) in [5.74, 6) is -0.183. The third-order valence-electron chi connectivity index (χ3n) is 1.59. The lowest BCUT2D eigenvalue weighted by molar-refractivity contribution is 0.0685. The van der Waals surface area contributed by atoms with E-state index >= 15 is 0 Å². The molecule has 11 heavy (non-hydrogen) atoms. The molecule has 0 spiro atoms. The van der Waals surface area contributed by atoms with Gasteiger partial charge in [0.05, 0.1) is 6.20 Å². The summed E-state index contributed by atoms with van der Waals surface area (Å²) < 4.78 is 1.66. The van der Waals surface area contributed by atoms with E-state index < -0.39 is 5.97 Å². The number of carboxylic acids is 1. The molecule has 0 amide bonds. The second-order valence-electron chi connectivity index (χ2n) is 2.24. The van der Waals surface area contributed by atoms with Gasteiger partial charge >= 0.3 is 5.97 Å². The molecule has 1 N–H and O–H groups in total. The standard InChI is InChI=1S/C7H10N2O2/c1-3-9-5(2)8-4-6(9)7(10)11/h4H,3H2,1-2H3,(H,10,11). The molecule has 1 aromatic rings. The first kappa shape index (κ1) is 7.78. The van der Waals surface area contributed by atoms with E-state index in [1.54, 1.807) is 11.5 Å². The van der Waals surface area contributed by atoms with Gasteiger partial charge in [-0.05, 0) is 13.8 Å². The first-order valence-electron chi connectivity index (χ1n) is 3.42. The predicted octanol–water partition coefficient (Wildman–Crippen LogP) is 0.910. The van der Waals surface area contributed by atoms with Crippen molar-refractivity contribution in [2.24, 2.45) is 0 Å². The number of imidazole rings is 1. The molecule has 0 saturated carbocycles. The molecule has 0 aromatic carbocycles. The van der Waals surface area contributed by atoms with Crippen LogP contribution in [-0.2, 0) is 6.54 Å². The zero-order valence-electron chi connectivity index (χ0n) is 6.53. The van der Waals surface area contributed by atoms with E-state index in [1.807, 2.05) is 6.92 Å². The largest absolute Gasteiger partial charge is 0.477 e. The van der Waals surface area contributed by atoms with Crippen LogP contribution in [0.4, 0.5) is 0 Å². The molecule has 0 aliphatic carbocycles. The van der Waals surface area contributed by atoms with Crippen molar-refractivity contribution < 1.29 is 9.90 Å². The van der Waals surface area contributed by atoms with Gasteiger partial charge in [0.25, 0.3) is 0 Å². The zero-order chi connectivity index (χ0) is 8.43. The Morgan fingerprint density at radius 3 is 2.82 bits per heavy atom. The van der Waals surface area contributed by atoms with E-state index in [0.717, 1.165) is 5.82 Å². The topological polar surface area (TPSA) is 55.1 Å². The van der Waals surface area contributed by atoms with Gasteiger partial charge in [-0.1, -0.05) is 0 Å². The molecule has 1 heterocycles. The third kappa shape index (κ3) is 1.24. The van der Waals surface area contributed by atoms with Crippen molar-refractivity contribution >= 4 is 5.97 Å². The fraction of sp³-hybridized carbons (Fsp3) is 0.429. The van der Waals surface area contributed by atoms with E-state index in [1.165, 1.54) is 6.20 Å². The SMILES string of the molecule is CCn1c(C(=O)O)cnc1C. The van der Waals surface area contributed by atoms with Crippen molar-refractivity contribution in [2.45, 2.75) is 20.4 Å². The Balaban J connectivity index is 3.15. The summed E-state index contributed by atoms with van der Waals surface area (Å²) in [4.78, 5) is 14.4. The molecular weight excluding hydrogens is 144 g/mol. The molecule has 0 atom stereocenters. The lowest BCUT2D eigenvalue weighted by atomic mass is 10.4. The minimum Gasteiger partial charge on any atom is -0.477 e. The smallest absolute Gasteiger partial charge is 0.354 e. The molecular formula is C7H10N2O2. The Labute approximate surface area is 64.5 Å². The lowest BCUT2D eigenvalue weighted by Crippen LogP contribution is -2.08. The van der Waals surface area contributed by atoms with Gasteiger partial charge < -0.3 is 9.67 Å². The fourth-order valence-electron chi connectivity index (χ4n) is 1.04. The molecule has 0 radical (unpaired) electrons. The summed E-state index contributed by atoms with van der Waals surface area (Å²) in [7, 11) is 0. The van der Waals surface area contributed by atoms with Crippen LogP contribution in [0.3, 0.4) is 0 Å². The van der Waals surface area contributed by atoms with Gasteiger partial charge in [-0.3, -0.25) is 0 Å². The van der Waals surface area contributed by atoms with Gasteiger partial charge in [0, 0.05) is 6.54 Å². The van der Waals surface area contributed by atoms with Crippen molar-refractivity contribution in [1.29, 1.82) is 0 Å². The summed E-state index contributed by atoms with van der Waals surface area (Å²) >= 11 is 0. The first-order chi connectivity index (χ1) is 5.16. The molecule has 1 aromatic heterocycles. The van der Waals surface area contributed by atoms with Gasteiger partial charge in [-0.25, -0.2) is 9.78 Å². The van der Waals surface area contributed by atoms with Gasteiger partial charge in [-0.15, -0.1) is 0 Å². The lowest BCUT2D eigenvalue weighted by Gasteiger charge is -2.01. The van der Waals surface area contributed by atoms with Crippen LogP contribution in [0.2, 0.25) is 0 Å². The molecule has 4 nitrogen and oxygen atoms in total. The van der Waals surface area contributed by atoms with Gasteiger partial charge in [0.1, 0.15) is 11.5 Å². The number of hydrogen-bond donors (Lipinski definition) is 1. The van der Waals surface area contributed by atoms with E-state index in [2.05, 4.69) is 4.98 Å². The van der Waals surface area contributed by atoms with E-state index in [9.17, 15) is 4.79 Å². The van der Waals surface area contributed by atoms with Gasteiger partial charge in [0.2, 0.25) is 0 Å². The van der Waals surface area contributed by atoms with Crippen molar-refractivity contribution in [2.75, 3.05) is 0 Å². The number of rotatable bonds is 2. The van der Waals surface area contributed by atoms with Crippen molar-refractivity contribution in [1.82, 2.24) is 9.55 Å². The third-order valence-corrected chi connectivity index (χ3v) is 1.59. The second-order valence-corrected chi connectivity index (χ2v) is 2.24. The Morgan fingerprint density at radius 2 is 2.45 bits per heavy atom. The van der Waals surface area contributed by atoms with Crippen molar-refractivity contribution in [3.05, 3.63) is 17.7 Å². The number of nitrogens with zero attached hydrogens (tertiary/aromatic N) is 2. The maximum Gasteiger partial charge on any atom is 0.354 e. The Hall–Kier alpha value is -1.32.